The van der Waals surface area contributed by atoms with E-state index in [1.807, 2.05) is 29.2 Å². The Kier molecular flexibility index (Phi) is 4.44. The van der Waals surface area contributed by atoms with E-state index in [0.717, 1.165) is 47.9 Å². The first-order valence-corrected chi connectivity index (χ1v) is 11.9. The van der Waals surface area contributed by atoms with Gasteiger partial charge in [0, 0.05) is 31.1 Å². The first kappa shape index (κ1) is 20.2. The molecule has 2 fully saturated rings. The lowest BCUT2D eigenvalue weighted by Crippen LogP contribution is -2.36. The number of nitrogens with zero attached hydrogens (tertiary/aromatic N) is 6. The second-order valence-corrected chi connectivity index (χ2v) is 9.69. The molecule has 6 rings (SSSR count). The molecule has 0 bridgehead atoms. The number of pyridine rings is 1. The van der Waals surface area contributed by atoms with Gasteiger partial charge in [0.1, 0.15) is 21.7 Å². The first-order chi connectivity index (χ1) is 16.0. The summed E-state index contributed by atoms with van der Waals surface area (Å²) in [5.74, 6) is -0.459. The lowest BCUT2D eigenvalue weighted by Gasteiger charge is -2.22. The van der Waals surface area contributed by atoms with Gasteiger partial charge in [0.25, 0.3) is 5.91 Å². The van der Waals surface area contributed by atoms with Crippen molar-refractivity contribution in [1.82, 2.24) is 29.0 Å². The number of aromatic carboxylic acids is 1. The average molecular weight is 466 g/mol. The molecule has 2 saturated carbocycles. The molecule has 0 atom stereocenters. The minimum absolute atomic E-state index is 0.0794. The smallest absolute Gasteiger partial charge is 0.347 e. The second-order valence-electron chi connectivity index (χ2n) is 8.66. The molecule has 0 spiro atoms. The van der Waals surface area contributed by atoms with Gasteiger partial charge >= 0.3 is 5.97 Å². The van der Waals surface area contributed by atoms with E-state index in [1.54, 1.807) is 6.33 Å². The fraction of sp³-hybridized carbons (Fsp3) is 0.409. The van der Waals surface area contributed by atoms with Crippen molar-refractivity contribution in [3.05, 3.63) is 29.2 Å². The van der Waals surface area contributed by atoms with Crippen molar-refractivity contribution in [2.75, 3.05) is 5.32 Å². The number of anilines is 2. The molecule has 0 aromatic carbocycles. The van der Waals surface area contributed by atoms with E-state index in [4.69, 9.17) is 4.98 Å². The van der Waals surface area contributed by atoms with Crippen LogP contribution in [-0.2, 0) is 13.6 Å². The van der Waals surface area contributed by atoms with Gasteiger partial charge in [-0.2, -0.15) is 0 Å². The van der Waals surface area contributed by atoms with Gasteiger partial charge in [0.15, 0.2) is 10.9 Å². The fourth-order valence-electron chi connectivity index (χ4n) is 4.50. The van der Waals surface area contributed by atoms with Crippen molar-refractivity contribution < 1.29 is 14.7 Å². The largest absolute Gasteiger partial charge is 0.477 e. The van der Waals surface area contributed by atoms with Gasteiger partial charge < -0.3 is 24.5 Å². The predicted octanol–water partition coefficient (Wildman–Crippen LogP) is 3.61. The molecule has 4 heterocycles. The Bertz CT molecular complexity index is 1410. The number of hydrogen-bond donors (Lipinski definition) is 2. The standard InChI is InChI=1S/C22H23N7O3S/c1-3-28-14(20(30)29(11-4-5-11)12-6-7-12)8-13-17-16(24-10-27(17)2)18(25-19(13)28)26-22-23-9-15(33-22)21(31)32/h8-12H,3-7H2,1-2H3,(H,31,32)(H,23,25,26). The molecule has 11 heteroatoms. The summed E-state index contributed by atoms with van der Waals surface area (Å²) in [6, 6.07) is 2.68. The summed E-state index contributed by atoms with van der Waals surface area (Å²) in [5, 5.41) is 13.6. The summed E-state index contributed by atoms with van der Waals surface area (Å²) in [7, 11) is 1.91. The Morgan fingerprint density at radius 1 is 1.24 bits per heavy atom. The summed E-state index contributed by atoms with van der Waals surface area (Å²) in [6.07, 6.45) is 7.36. The number of aryl methyl sites for hydroxylation is 2. The third kappa shape index (κ3) is 3.26. The summed E-state index contributed by atoms with van der Waals surface area (Å²) in [5.41, 5.74) is 2.86. The van der Waals surface area contributed by atoms with E-state index >= 15 is 0 Å². The van der Waals surface area contributed by atoms with Gasteiger partial charge in [0.05, 0.1) is 18.0 Å². The molecule has 2 aliphatic rings. The van der Waals surface area contributed by atoms with Crippen LogP contribution in [0.2, 0.25) is 0 Å². The van der Waals surface area contributed by atoms with Gasteiger partial charge in [0.2, 0.25) is 0 Å². The SMILES string of the molecule is CCn1c(C(=O)N(C2CC2)C2CC2)cc2c3c(ncn3C)c(Nc3ncc(C(=O)O)s3)nc21. The van der Waals surface area contributed by atoms with Crippen molar-refractivity contribution in [2.24, 2.45) is 7.05 Å². The van der Waals surface area contributed by atoms with Gasteiger partial charge in [-0.3, -0.25) is 4.79 Å². The number of carboxylic acids is 1. The second kappa shape index (κ2) is 7.27. The Labute approximate surface area is 192 Å². The maximum Gasteiger partial charge on any atom is 0.347 e. The molecule has 2 aliphatic carbocycles. The van der Waals surface area contributed by atoms with Crippen LogP contribution < -0.4 is 5.32 Å². The van der Waals surface area contributed by atoms with Crippen LogP contribution in [0.4, 0.5) is 10.9 Å². The molecule has 2 N–H and O–H groups in total. The maximum atomic E-state index is 13.6. The van der Waals surface area contributed by atoms with E-state index < -0.39 is 5.97 Å². The molecule has 10 nitrogen and oxygen atoms in total. The zero-order valence-corrected chi connectivity index (χ0v) is 19.1. The minimum Gasteiger partial charge on any atom is -0.477 e. The molecule has 0 saturated heterocycles. The van der Waals surface area contributed by atoms with Crippen LogP contribution in [0.5, 0.6) is 0 Å². The number of carboxylic acid groups (broad SMARTS) is 1. The molecule has 0 aliphatic heterocycles. The third-order valence-corrected chi connectivity index (χ3v) is 7.20. The Balaban J connectivity index is 1.50. The Morgan fingerprint density at radius 3 is 2.58 bits per heavy atom. The van der Waals surface area contributed by atoms with Gasteiger partial charge in [-0.25, -0.2) is 19.7 Å². The third-order valence-electron chi connectivity index (χ3n) is 6.29. The molecular weight excluding hydrogens is 442 g/mol. The highest BCUT2D eigenvalue weighted by Crippen LogP contribution is 2.39. The van der Waals surface area contributed by atoms with E-state index in [2.05, 4.69) is 20.2 Å². The monoisotopic (exact) mass is 465 g/mol. The highest BCUT2D eigenvalue weighted by atomic mass is 32.1. The first-order valence-electron chi connectivity index (χ1n) is 11.1. The summed E-state index contributed by atoms with van der Waals surface area (Å²) in [4.78, 5) is 40.6. The summed E-state index contributed by atoms with van der Waals surface area (Å²) < 4.78 is 3.89. The number of nitrogens with one attached hydrogen (secondary N) is 1. The Hall–Kier alpha value is -3.47. The van der Waals surface area contributed by atoms with Crippen LogP contribution in [0, 0.1) is 0 Å². The number of thiazole rings is 1. The fourth-order valence-corrected chi connectivity index (χ4v) is 5.15. The van der Waals surface area contributed by atoms with E-state index in [-0.39, 0.29) is 10.8 Å². The molecule has 1 amide bonds. The lowest BCUT2D eigenvalue weighted by molar-refractivity contribution is 0.0697. The number of hydrogen-bond acceptors (Lipinski definition) is 7. The van der Waals surface area contributed by atoms with Crippen LogP contribution in [0.3, 0.4) is 0 Å². The quantitative estimate of drug-likeness (QED) is 0.428. The van der Waals surface area contributed by atoms with E-state index in [9.17, 15) is 14.7 Å². The summed E-state index contributed by atoms with van der Waals surface area (Å²) in [6.45, 7) is 2.61. The lowest BCUT2D eigenvalue weighted by atomic mass is 10.2. The van der Waals surface area contributed by atoms with Crippen molar-refractivity contribution in [2.45, 2.75) is 51.2 Å². The Morgan fingerprint density at radius 2 is 1.97 bits per heavy atom. The maximum absolute atomic E-state index is 13.6. The highest BCUT2D eigenvalue weighted by molar-refractivity contribution is 7.17. The zero-order valence-electron chi connectivity index (χ0n) is 18.3. The van der Waals surface area contributed by atoms with Crippen molar-refractivity contribution >= 4 is 56.2 Å². The molecule has 4 aromatic rings. The van der Waals surface area contributed by atoms with Crippen molar-refractivity contribution in [3.63, 3.8) is 0 Å². The number of aromatic nitrogens is 5. The van der Waals surface area contributed by atoms with Crippen LogP contribution in [-0.4, -0.2) is 58.1 Å². The molecule has 0 radical (unpaired) electrons. The number of fused-ring (bicyclic) bond motifs is 3. The number of imidazole rings is 1. The number of carbonyl (C=O) groups is 2. The van der Waals surface area contributed by atoms with Crippen LogP contribution in [0.1, 0.15) is 52.8 Å². The van der Waals surface area contributed by atoms with Crippen molar-refractivity contribution in [1.29, 1.82) is 0 Å². The van der Waals surface area contributed by atoms with E-state index in [0.29, 0.717) is 46.4 Å². The van der Waals surface area contributed by atoms with Crippen LogP contribution >= 0.6 is 11.3 Å². The van der Waals surface area contributed by atoms with Crippen molar-refractivity contribution in [3.8, 4) is 0 Å². The van der Waals surface area contributed by atoms with E-state index in [1.165, 1.54) is 6.20 Å². The molecular formula is C22H23N7O3S. The molecule has 0 unspecified atom stereocenters. The molecule has 4 aromatic heterocycles. The zero-order chi connectivity index (χ0) is 22.9. The normalized spacial score (nSPS) is 15.9. The van der Waals surface area contributed by atoms with Gasteiger partial charge in [-0.1, -0.05) is 11.3 Å². The number of amides is 1. The summed E-state index contributed by atoms with van der Waals surface area (Å²) >= 11 is 1.04. The van der Waals surface area contributed by atoms with Gasteiger partial charge in [-0.15, -0.1) is 0 Å². The van der Waals surface area contributed by atoms with Crippen LogP contribution in [0.15, 0.2) is 18.6 Å². The number of rotatable bonds is 7. The average Bonchev–Trinajstić information content (AvgIpc) is 3.69. The van der Waals surface area contributed by atoms with Gasteiger partial charge in [-0.05, 0) is 38.7 Å². The topological polar surface area (TPSA) is 118 Å². The highest BCUT2D eigenvalue weighted by Gasteiger charge is 2.43. The van der Waals surface area contributed by atoms with Crippen LogP contribution in [0.25, 0.3) is 22.1 Å². The molecule has 33 heavy (non-hydrogen) atoms. The number of carbonyl (C=O) groups excluding carboxylic acids is 1. The minimum atomic E-state index is -1.02. The predicted molar refractivity (Wildman–Crippen MR) is 124 cm³/mol. The molecule has 170 valence electrons.